The van der Waals surface area contributed by atoms with Crippen molar-refractivity contribution in [2.45, 2.75) is 19.3 Å². The Labute approximate surface area is 115 Å². The summed E-state index contributed by atoms with van der Waals surface area (Å²) in [5.41, 5.74) is 1.24. The van der Waals surface area contributed by atoms with Crippen molar-refractivity contribution in [3.63, 3.8) is 0 Å². The topological polar surface area (TPSA) is 45.8 Å². The highest BCUT2D eigenvalue weighted by atomic mass is 35.5. The highest BCUT2D eigenvalue weighted by molar-refractivity contribution is 6.30. The minimum Gasteiger partial charge on any atom is -0.311 e. The van der Waals surface area contributed by atoms with Gasteiger partial charge in [-0.2, -0.15) is 0 Å². The molecule has 1 heterocycles. The van der Waals surface area contributed by atoms with Crippen LogP contribution in [-0.2, 0) is 6.42 Å². The smallest absolute Gasteiger partial charge is 0.251 e. The molecular formula is C14H14ClFN2O. The fourth-order valence-corrected chi connectivity index (χ4v) is 1.91. The molecule has 0 fully saturated rings. The molecule has 2 aromatic rings. The zero-order valence-corrected chi connectivity index (χ0v) is 11.1. The van der Waals surface area contributed by atoms with E-state index in [0.717, 1.165) is 5.56 Å². The van der Waals surface area contributed by atoms with Gasteiger partial charge in [-0.25, -0.2) is 4.98 Å². The van der Waals surface area contributed by atoms with Crippen molar-refractivity contribution in [2.75, 3.05) is 6.67 Å². The Balaban J connectivity index is 2.25. The van der Waals surface area contributed by atoms with Crippen LogP contribution in [-0.4, -0.2) is 16.6 Å². The molecule has 1 aromatic carbocycles. The van der Waals surface area contributed by atoms with Crippen molar-refractivity contribution in [3.8, 4) is 11.3 Å². The third kappa shape index (κ3) is 3.89. The molecule has 0 radical (unpaired) electrons. The van der Waals surface area contributed by atoms with Crippen LogP contribution in [0.2, 0.25) is 5.02 Å². The molecule has 0 aliphatic heterocycles. The lowest BCUT2D eigenvalue weighted by Crippen LogP contribution is -2.11. The van der Waals surface area contributed by atoms with E-state index in [1.807, 2.05) is 12.1 Å². The van der Waals surface area contributed by atoms with Crippen LogP contribution in [0.5, 0.6) is 0 Å². The lowest BCUT2D eigenvalue weighted by atomic mass is 10.1. The second kappa shape index (κ2) is 6.48. The predicted octanol–water partition coefficient (Wildman–Crippen LogP) is 3.38. The molecule has 0 spiro atoms. The van der Waals surface area contributed by atoms with Crippen molar-refractivity contribution >= 4 is 11.6 Å². The van der Waals surface area contributed by atoms with E-state index in [9.17, 15) is 9.18 Å². The number of halogens is 2. The fourth-order valence-electron chi connectivity index (χ4n) is 1.78. The first kappa shape index (κ1) is 13.7. The van der Waals surface area contributed by atoms with Gasteiger partial charge >= 0.3 is 0 Å². The molecule has 1 N–H and O–H groups in total. The molecule has 2 rings (SSSR count). The van der Waals surface area contributed by atoms with Crippen molar-refractivity contribution in [3.05, 3.63) is 51.5 Å². The molecule has 0 atom stereocenters. The van der Waals surface area contributed by atoms with Gasteiger partial charge in [-0.15, -0.1) is 0 Å². The Hall–Kier alpha value is -1.68. The zero-order valence-electron chi connectivity index (χ0n) is 10.3. The molecule has 0 bridgehead atoms. The molecule has 0 aliphatic rings. The van der Waals surface area contributed by atoms with Crippen molar-refractivity contribution < 1.29 is 4.39 Å². The summed E-state index contributed by atoms with van der Waals surface area (Å²) in [5, 5.41) is 0.636. The number of nitrogens with one attached hydrogen (secondary N) is 1. The SMILES string of the molecule is O=c1cc(-c2ccc(Cl)cc2)nc(CCCCF)[nH]1. The second-order valence-electron chi connectivity index (χ2n) is 4.23. The number of rotatable bonds is 5. The Bertz CT molecular complexity index is 595. The van der Waals surface area contributed by atoms with Crippen LogP contribution in [0.25, 0.3) is 11.3 Å². The highest BCUT2D eigenvalue weighted by Crippen LogP contribution is 2.18. The van der Waals surface area contributed by atoms with Gasteiger partial charge in [-0.1, -0.05) is 23.7 Å². The fraction of sp³-hybridized carbons (Fsp3) is 0.286. The van der Waals surface area contributed by atoms with Crippen LogP contribution in [0.15, 0.2) is 35.1 Å². The first-order valence-electron chi connectivity index (χ1n) is 6.11. The molecule has 0 amide bonds. The standard InChI is InChI=1S/C14H14ClFN2O/c15-11-6-4-10(5-7-11)12-9-14(19)18-13(17-12)3-1-2-8-16/h4-7,9H,1-3,8H2,(H,17,18,19). The number of aromatic nitrogens is 2. The van der Waals surface area contributed by atoms with Crippen LogP contribution in [0, 0.1) is 0 Å². The number of aromatic amines is 1. The van der Waals surface area contributed by atoms with Crippen LogP contribution in [0.4, 0.5) is 4.39 Å². The number of hydrogen-bond donors (Lipinski definition) is 1. The van der Waals surface area contributed by atoms with E-state index in [2.05, 4.69) is 9.97 Å². The zero-order chi connectivity index (χ0) is 13.7. The van der Waals surface area contributed by atoms with Gasteiger partial charge < -0.3 is 4.98 Å². The summed E-state index contributed by atoms with van der Waals surface area (Å²) in [4.78, 5) is 18.6. The number of benzene rings is 1. The number of alkyl halides is 1. The van der Waals surface area contributed by atoms with E-state index < -0.39 is 0 Å². The number of H-pyrrole nitrogens is 1. The van der Waals surface area contributed by atoms with Gasteiger partial charge in [0.1, 0.15) is 5.82 Å². The Kier molecular flexibility index (Phi) is 4.68. The van der Waals surface area contributed by atoms with E-state index in [0.29, 0.717) is 35.8 Å². The molecule has 1 aromatic heterocycles. The molecule has 3 nitrogen and oxygen atoms in total. The van der Waals surface area contributed by atoms with Gasteiger partial charge in [0.15, 0.2) is 0 Å². The first-order chi connectivity index (χ1) is 9.19. The van der Waals surface area contributed by atoms with Gasteiger partial charge in [0.2, 0.25) is 0 Å². The van der Waals surface area contributed by atoms with Gasteiger partial charge in [0.25, 0.3) is 5.56 Å². The lowest BCUT2D eigenvalue weighted by molar-refractivity contribution is 0.460. The molecule has 0 aliphatic carbocycles. The molecule has 100 valence electrons. The van der Waals surface area contributed by atoms with Gasteiger partial charge in [0.05, 0.1) is 12.4 Å². The maximum absolute atomic E-state index is 12.1. The second-order valence-corrected chi connectivity index (χ2v) is 4.67. The summed E-state index contributed by atoms with van der Waals surface area (Å²) >= 11 is 5.82. The molecule has 0 saturated carbocycles. The minimum absolute atomic E-state index is 0.199. The van der Waals surface area contributed by atoms with E-state index in [1.54, 1.807) is 12.1 Å². The maximum atomic E-state index is 12.1. The number of aryl methyl sites for hydroxylation is 1. The van der Waals surface area contributed by atoms with E-state index in [4.69, 9.17) is 11.6 Å². The van der Waals surface area contributed by atoms with Gasteiger partial charge in [0, 0.05) is 23.1 Å². The Morgan fingerprint density at radius 3 is 2.63 bits per heavy atom. The lowest BCUT2D eigenvalue weighted by Gasteiger charge is -2.04. The third-order valence-corrected chi connectivity index (χ3v) is 2.98. The van der Waals surface area contributed by atoms with Crippen molar-refractivity contribution in [1.29, 1.82) is 0 Å². The monoisotopic (exact) mass is 280 g/mol. The van der Waals surface area contributed by atoms with Crippen LogP contribution in [0.3, 0.4) is 0 Å². The molecule has 19 heavy (non-hydrogen) atoms. The largest absolute Gasteiger partial charge is 0.311 e. The molecule has 0 unspecified atom stereocenters. The molecule has 5 heteroatoms. The van der Waals surface area contributed by atoms with Gasteiger partial charge in [-0.3, -0.25) is 9.18 Å². The van der Waals surface area contributed by atoms with Crippen LogP contribution in [0.1, 0.15) is 18.7 Å². The predicted molar refractivity (Wildman–Crippen MR) is 74.2 cm³/mol. The summed E-state index contributed by atoms with van der Waals surface area (Å²) in [6.45, 7) is -0.346. The first-order valence-corrected chi connectivity index (χ1v) is 6.49. The summed E-state index contributed by atoms with van der Waals surface area (Å²) in [5.74, 6) is 0.589. The minimum atomic E-state index is -0.346. The van der Waals surface area contributed by atoms with Crippen LogP contribution >= 0.6 is 11.6 Å². The normalized spacial score (nSPS) is 10.6. The number of unbranched alkanes of at least 4 members (excludes halogenated alkanes) is 1. The summed E-state index contributed by atoms with van der Waals surface area (Å²) in [7, 11) is 0. The van der Waals surface area contributed by atoms with E-state index in [-0.39, 0.29) is 12.2 Å². The average Bonchev–Trinajstić information content (AvgIpc) is 2.39. The van der Waals surface area contributed by atoms with Crippen LogP contribution < -0.4 is 5.56 Å². The average molecular weight is 281 g/mol. The van der Waals surface area contributed by atoms with Gasteiger partial charge in [-0.05, 0) is 25.0 Å². The quantitative estimate of drug-likeness (QED) is 0.854. The number of nitrogens with zero attached hydrogens (tertiary/aromatic N) is 1. The van der Waals surface area contributed by atoms with E-state index >= 15 is 0 Å². The molecular weight excluding hydrogens is 267 g/mol. The van der Waals surface area contributed by atoms with Crippen molar-refractivity contribution in [2.24, 2.45) is 0 Å². The molecule has 0 saturated heterocycles. The highest BCUT2D eigenvalue weighted by Gasteiger charge is 2.04. The summed E-state index contributed by atoms with van der Waals surface area (Å²) in [6, 6.07) is 8.58. The van der Waals surface area contributed by atoms with E-state index in [1.165, 1.54) is 6.07 Å². The Morgan fingerprint density at radius 1 is 1.21 bits per heavy atom. The number of hydrogen-bond acceptors (Lipinski definition) is 2. The van der Waals surface area contributed by atoms with Crippen molar-refractivity contribution in [1.82, 2.24) is 9.97 Å². The Morgan fingerprint density at radius 2 is 1.95 bits per heavy atom. The third-order valence-electron chi connectivity index (χ3n) is 2.73. The maximum Gasteiger partial charge on any atom is 0.251 e. The summed E-state index contributed by atoms with van der Waals surface area (Å²) < 4.78 is 12.1. The summed E-state index contributed by atoms with van der Waals surface area (Å²) in [6.07, 6.45) is 1.72.